The van der Waals surface area contributed by atoms with E-state index < -0.39 is 0 Å². The van der Waals surface area contributed by atoms with Crippen molar-refractivity contribution in [3.8, 4) is 5.69 Å². The Morgan fingerprint density at radius 3 is 2.50 bits per heavy atom. The Hall–Kier alpha value is -3.00. The van der Waals surface area contributed by atoms with Gasteiger partial charge in [0.1, 0.15) is 18.2 Å². The molecule has 8 nitrogen and oxygen atoms in total. The van der Waals surface area contributed by atoms with E-state index in [1.165, 1.54) is 0 Å². The Morgan fingerprint density at radius 1 is 1.10 bits per heavy atom. The van der Waals surface area contributed by atoms with Crippen molar-refractivity contribution in [2.45, 2.75) is 20.3 Å². The van der Waals surface area contributed by atoms with E-state index in [1.54, 1.807) is 7.11 Å². The van der Waals surface area contributed by atoms with Gasteiger partial charge in [-0.1, -0.05) is 32.0 Å². The first-order valence-electron chi connectivity index (χ1n) is 10.4. The Kier molecular flexibility index (Phi) is 5.94. The highest BCUT2D eigenvalue weighted by Gasteiger charge is 2.25. The van der Waals surface area contributed by atoms with Crippen LogP contribution in [0.15, 0.2) is 36.5 Å². The van der Waals surface area contributed by atoms with Crippen molar-refractivity contribution < 1.29 is 9.53 Å². The maximum Gasteiger partial charge on any atom is 0.248 e. The van der Waals surface area contributed by atoms with E-state index in [9.17, 15) is 4.79 Å². The van der Waals surface area contributed by atoms with Gasteiger partial charge in [-0.15, -0.1) is 0 Å². The van der Waals surface area contributed by atoms with E-state index in [0.717, 1.165) is 47.9 Å². The monoisotopic (exact) mass is 408 g/mol. The minimum absolute atomic E-state index is 0.0300. The Labute approximate surface area is 176 Å². The lowest BCUT2D eigenvalue weighted by molar-refractivity contribution is -0.135. The van der Waals surface area contributed by atoms with Crippen LogP contribution in [0.5, 0.6) is 0 Å². The molecule has 1 amide bonds. The zero-order valence-corrected chi connectivity index (χ0v) is 17.8. The molecule has 0 unspecified atom stereocenters. The van der Waals surface area contributed by atoms with Crippen LogP contribution < -0.4 is 4.90 Å². The first-order chi connectivity index (χ1) is 14.6. The number of carbonyl (C=O) groups excluding carboxylic acids is 1. The van der Waals surface area contributed by atoms with Crippen molar-refractivity contribution in [1.82, 2.24) is 24.6 Å². The van der Waals surface area contributed by atoms with Crippen LogP contribution in [0.3, 0.4) is 0 Å². The van der Waals surface area contributed by atoms with Crippen LogP contribution in [-0.2, 0) is 16.0 Å². The largest absolute Gasteiger partial charge is 0.375 e. The third-order valence-corrected chi connectivity index (χ3v) is 5.25. The van der Waals surface area contributed by atoms with Gasteiger partial charge in [0.15, 0.2) is 5.65 Å². The molecular weight excluding hydrogens is 380 g/mol. The lowest BCUT2D eigenvalue weighted by Crippen LogP contribution is -2.50. The van der Waals surface area contributed by atoms with Crippen LogP contribution in [0, 0.1) is 5.92 Å². The quantitative estimate of drug-likeness (QED) is 0.623. The summed E-state index contributed by atoms with van der Waals surface area (Å²) in [6, 6.07) is 10.0. The molecule has 30 heavy (non-hydrogen) atoms. The van der Waals surface area contributed by atoms with E-state index in [1.807, 2.05) is 46.1 Å². The molecule has 8 heteroatoms. The number of para-hydroxylation sites is 1. The number of benzene rings is 1. The number of methoxy groups -OCH3 is 1. The van der Waals surface area contributed by atoms with Crippen molar-refractivity contribution in [1.29, 1.82) is 0 Å². The molecule has 0 aliphatic carbocycles. The van der Waals surface area contributed by atoms with Crippen molar-refractivity contribution >= 4 is 22.8 Å². The van der Waals surface area contributed by atoms with Gasteiger partial charge >= 0.3 is 0 Å². The number of fused-ring (bicyclic) bond motifs is 1. The lowest BCUT2D eigenvalue weighted by atomic mass is 10.1. The van der Waals surface area contributed by atoms with Gasteiger partial charge in [-0.25, -0.2) is 14.6 Å². The molecular formula is C22H28N6O2. The van der Waals surface area contributed by atoms with Gasteiger partial charge in [0.05, 0.1) is 17.3 Å². The Bertz CT molecular complexity index is 1010. The second-order valence-corrected chi connectivity index (χ2v) is 7.99. The van der Waals surface area contributed by atoms with Gasteiger partial charge in [0, 0.05) is 39.7 Å². The maximum atomic E-state index is 12.1. The molecule has 3 aromatic rings. The van der Waals surface area contributed by atoms with Gasteiger partial charge < -0.3 is 14.5 Å². The van der Waals surface area contributed by atoms with Gasteiger partial charge in [-0.3, -0.25) is 4.79 Å². The number of aromatic nitrogens is 4. The number of piperazine rings is 1. The predicted molar refractivity (Wildman–Crippen MR) is 116 cm³/mol. The van der Waals surface area contributed by atoms with E-state index >= 15 is 0 Å². The highest BCUT2D eigenvalue weighted by Crippen LogP contribution is 2.27. The van der Waals surface area contributed by atoms with Crippen LogP contribution in [0.25, 0.3) is 16.7 Å². The Morgan fingerprint density at radius 2 is 1.83 bits per heavy atom. The second-order valence-electron chi connectivity index (χ2n) is 7.99. The minimum atomic E-state index is 0.0300. The number of rotatable bonds is 6. The van der Waals surface area contributed by atoms with Crippen LogP contribution in [0.1, 0.15) is 19.7 Å². The molecule has 1 fully saturated rings. The maximum absolute atomic E-state index is 12.1. The molecule has 2 aromatic heterocycles. The molecule has 0 atom stereocenters. The fourth-order valence-corrected chi connectivity index (χ4v) is 3.78. The van der Waals surface area contributed by atoms with Crippen molar-refractivity contribution in [2.24, 2.45) is 5.92 Å². The van der Waals surface area contributed by atoms with E-state index in [-0.39, 0.29) is 12.5 Å². The predicted octanol–water partition coefficient (Wildman–Crippen LogP) is 2.31. The summed E-state index contributed by atoms with van der Waals surface area (Å²) in [6.07, 6.45) is 2.65. The summed E-state index contributed by atoms with van der Waals surface area (Å²) in [6.45, 7) is 7.21. The lowest BCUT2D eigenvalue weighted by Gasteiger charge is -2.35. The standard InChI is InChI=1S/C22H28N6O2/c1-16(2)13-19-24-21(27-11-9-26(10-12-27)20(29)15-30-3)18-14-23-28(22(18)25-19)17-7-5-4-6-8-17/h4-8,14,16H,9-13,15H2,1-3H3. The smallest absolute Gasteiger partial charge is 0.248 e. The minimum Gasteiger partial charge on any atom is -0.375 e. The molecule has 1 aliphatic heterocycles. The average molecular weight is 409 g/mol. The summed E-state index contributed by atoms with van der Waals surface area (Å²) in [5, 5.41) is 5.55. The van der Waals surface area contributed by atoms with Crippen LogP contribution in [0.2, 0.25) is 0 Å². The molecule has 0 saturated carbocycles. The average Bonchev–Trinajstić information content (AvgIpc) is 3.17. The highest BCUT2D eigenvalue weighted by atomic mass is 16.5. The van der Waals surface area contributed by atoms with Crippen LogP contribution in [-0.4, -0.2) is 70.5 Å². The normalized spacial score (nSPS) is 14.7. The first kappa shape index (κ1) is 20.3. The molecule has 4 rings (SSSR count). The number of ether oxygens (including phenoxy) is 1. The molecule has 0 spiro atoms. The summed E-state index contributed by atoms with van der Waals surface area (Å²) >= 11 is 0. The van der Waals surface area contributed by atoms with Gasteiger partial charge in [0.2, 0.25) is 5.91 Å². The molecule has 0 bridgehead atoms. The number of carbonyl (C=O) groups is 1. The van der Waals surface area contributed by atoms with Crippen LogP contribution >= 0.6 is 0 Å². The SMILES string of the molecule is COCC(=O)N1CCN(c2nc(CC(C)C)nc3c2cnn3-c2ccccc2)CC1. The molecule has 1 aromatic carbocycles. The molecule has 1 saturated heterocycles. The topological polar surface area (TPSA) is 76.4 Å². The third-order valence-electron chi connectivity index (χ3n) is 5.25. The van der Waals surface area contributed by atoms with Crippen molar-refractivity contribution in [3.05, 3.63) is 42.4 Å². The van der Waals surface area contributed by atoms with Crippen LogP contribution in [0.4, 0.5) is 5.82 Å². The van der Waals surface area contributed by atoms with E-state index in [0.29, 0.717) is 19.0 Å². The zero-order valence-electron chi connectivity index (χ0n) is 17.8. The number of anilines is 1. The fraction of sp³-hybridized carbons (Fsp3) is 0.455. The molecule has 158 valence electrons. The van der Waals surface area contributed by atoms with Crippen molar-refractivity contribution in [3.63, 3.8) is 0 Å². The Balaban J connectivity index is 1.69. The number of hydrogen-bond donors (Lipinski definition) is 0. The van der Waals surface area contributed by atoms with Crippen molar-refractivity contribution in [2.75, 3.05) is 44.8 Å². The fourth-order valence-electron chi connectivity index (χ4n) is 3.78. The third kappa shape index (κ3) is 4.14. The molecule has 3 heterocycles. The second kappa shape index (κ2) is 8.79. The summed E-state index contributed by atoms with van der Waals surface area (Å²) < 4.78 is 6.86. The van der Waals surface area contributed by atoms with E-state index in [4.69, 9.17) is 14.7 Å². The molecule has 1 aliphatic rings. The summed E-state index contributed by atoms with van der Waals surface area (Å²) in [4.78, 5) is 26.0. The summed E-state index contributed by atoms with van der Waals surface area (Å²) in [7, 11) is 1.55. The van der Waals surface area contributed by atoms with Gasteiger partial charge in [-0.05, 0) is 18.1 Å². The highest BCUT2D eigenvalue weighted by molar-refractivity contribution is 5.88. The number of nitrogens with zero attached hydrogens (tertiary/aromatic N) is 6. The molecule has 0 radical (unpaired) electrons. The summed E-state index contributed by atoms with van der Waals surface area (Å²) in [5.74, 6) is 2.20. The number of amides is 1. The van der Waals surface area contributed by atoms with Gasteiger partial charge in [-0.2, -0.15) is 5.10 Å². The summed E-state index contributed by atoms with van der Waals surface area (Å²) in [5.41, 5.74) is 1.79. The van der Waals surface area contributed by atoms with E-state index in [2.05, 4.69) is 23.8 Å². The number of hydrogen-bond acceptors (Lipinski definition) is 6. The zero-order chi connectivity index (χ0) is 21.1. The van der Waals surface area contributed by atoms with Gasteiger partial charge in [0.25, 0.3) is 0 Å². The first-order valence-corrected chi connectivity index (χ1v) is 10.4. The molecule has 0 N–H and O–H groups in total.